The molecular formula is C20H25N3OS. The smallest absolute Gasteiger partial charge is 0.131 e. The maximum Gasteiger partial charge on any atom is 0.131 e. The number of fused-ring (bicyclic) bond motifs is 2. The van der Waals surface area contributed by atoms with Crippen molar-refractivity contribution in [2.75, 3.05) is 13.1 Å². The minimum atomic E-state index is -0.146. The molecule has 4 heterocycles. The van der Waals surface area contributed by atoms with Gasteiger partial charge in [0.15, 0.2) is 0 Å². The molecule has 0 aromatic carbocycles. The number of rotatable bonds is 3. The van der Waals surface area contributed by atoms with Crippen molar-refractivity contribution >= 4 is 11.3 Å². The second-order valence-electron chi connectivity index (χ2n) is 7.86. The minimum absolute atomic E-state index is 0.146. The largest absolute Gasteiger partial charge is 0.361 e. The predicted molar refractivity (Wildman–Crippen MR) is 98.7 cm³/mol. The summed E-state index contributed by atoms with van der Waals surface area (Å²) in [7, 11) is 0. The molecule has 2 aromatic heterocycles. The highest BCUT2D eigenvalue weighted by atomic mass is 32.1. The Balaban J connectivity index is 1.29. The summed E-state index contributed by atoms with van der Waals surface area (Å²) in [5.74, 6) is 1.62. The molecule has 2 aromatic rings. The van der Waals surface area contributed by atoms with Gasteiger partial charge in [-0.1, -0.05) is 19.3 Å². The SMILES string of the molecule is Cc1ccc(CN2CC3(C2)OCc2nc(C4CCCCC4)ncc23)s1. The molecule has 4 nitrogen and oxygen atoms in total. The highest BCUT2D eigenvalue weighted by Gasteiger charge is 2.50. The van der Waals surface area contributed by atoms with Gasteiger partial charge in [-0.25, -0.2) is 9.97 Å². The lowest BCUT2D eigenvalue weighted by Crippen LogP contribution is -2.58. The number of hydrogen-bond acceptors (Lipinski definition) is 5. The topological polar surface area (TPSA) is 38.2 Å². The van der Waals surface area contributed by atoms with Crippen LogP contribution in [0.3, 0.4) is 0 Å². The lowest BCUT2D eigenvalue weighted by Gasteiger charge is -2.47. The Hall–Kier alpha value is -1.30. The van der Waals surface area contributed by atoms with Gasteiger partial charge in [0.25, 0.3) is 0 Å². The van der Waals surface area contributed by atoms with Crippen molar-refractivity contribution in [2.24, 2.45) is 0 Å². The molecule has 1 spiro atoms. The van der Waals surface area contributed by atoms with E-state index in [0.717, 1.165) is 31.2 Å². The van der Waals surface area contributed by atoms with E-state index < -0.39 is 0 Å². The summed E-state index contributed by atoms with van der Waals surface area (Å²) in [4.78, 5) is 15.0. The summed E-state index contributed by atoms with van der Waals surface area (Å²) in [6.07, 6.45) is 8.59. The molecule has 2 fully saturated rings. The van der Waals surface area contributed by atoms with Gasteiger partial charge in [-0.2, -0.15) is 0 Å². The van der Waals surface area contributed by atoms with Crippen molar-refractivity contribution in [1.82, 2.24) is 14.9 Å². The molecule has 0 bridgehead atoms. The molecule has 3 aliphatic rings. The highest BCUT2D eigenvalue weighted by Crippen LogP contribution is 2.44. The molecule has 0 N–H and O–H groups in total. The number of aryl methyl sites for hydroxylation is 1. The van der Waals surface area contributed by atoms with Crippen molar-refractivity contribution in [2.45, 2.75) is 63.7 Å². The zero-order valence-corrected chi connectivity index (χ0v) is 15.6. The summed E-state index contributed by atoms with van der Waals surface area (Å²) in [5, 5.41) is 0. The molecule has 1 aliphatic carbocycles. The Morgan fingerprint density at radius 1 is 1.24 bits per heavy atom. The van der Waals surface area contributed by atoms with Crippen molar-refractivity contribution < 1.29 is 4.74 Å². The third-order valence-corrected chi connectivity index (χ3v) is 6.95. The molecule has 0 amide bonds. The maximum absolute atomic E-state index is 6.22. The van der Waals surface area contributed by atoms with Gasteiger partial charge in [0.2, 0.25) is 0 Å². The van der Waals surface area contributed by atoms with Crippen LogP contribution in [-0.2, 0) is 23.5 Å². The average molecular weight is 356 g/mol. The van der Waals surface area contributed by atoms with E-state index in [0.29, 0.717) is 12.5 Å². The van der Waals surface area contributed by atoms with Crippen molar-refractivity contribution in [1.29, 1.82) is 0 Å². The van der Waals surface area contributed by atoms with Crippen LogP contribution in [0.4, 0.5) is 0 Å². The van der Waals surface area contributed by atoms with Gasteiger partial charge in [0.1, 0.15) is 11.4 Å². The second kappa shape index (κ2) is 6.15. The average Bonchev–Trinajstić information content (AvgIpc) is 3.19. The number of hydrogen-bond donors (Lipinski definition) is 0. The number of nitrogens with zero attached hydrogens (tertiary/aromatic N) is 3. The van der Waals surface area contributed by atoms with Crippen LogP contribution in [-0.4, -0.2) is 28.0 Å². The normalized spacial score (nSPS) is 22.9. The van der Waals surface area contributed by atoms with Crippen molar-refractivity contribution in [3.8, 4) is 0 Å². The molecule has 25 heavy (non-hydrogen) atoms. The Bertz CT molecular complexity index is 775. The summed E-state index contributed by atoms with van der Waals surface area (Å²) < 4.78 is 6.22. The van der Waals surface area contributed by atoms with E-state index in [-0.39, 0.29) is 5.60 Å². The number of aromatic nitrogens is 2. The molecular weight excluding hydrogens is 330 g/mol. The summed E-state index contributed by atoms with van der Waals surface area (Å²) >= 11 is 1.89. The zero-order chi connectivity index (χ0) is 16.9. The van der Waals surface area contributed by atoms with E-state index in [1.54, 1.807) is 0 Å². The first kappa shape index (κ1) is 15.9. The van der Waals surface area contributed by atoms with Crippen LogP contribution < -0.4 is 0 Å². The predicted octanol–water partition coefficient (Wildman–Crippen LogP) is 4.14. The molecule has 2 aliphatic heterocycles. The van der Waals surface area contributed by atoms with Gasteiger partial charge in [-0.3, -0.25) is 4.90 Å². The van der Waals surface area contributed by atoms with Gasteiger partial charge < -0.3 is 4.74 Å². The molecule has 5 heteroatoms. The first-order valence-corrected chi connectivity index (χ1v) is 10.3. The Kier molecular flexibility index (Phi) is 3.91. The fraction of sp³-hybridized carbons (Fsp3) is 0.600. The maximum atomic E-state index is 6.22. The van der Waals surface area contributed by atoms with Crippen LogP contribution in [0.15, 0.2) is 18.3 Å². The first-order valence-electron chi connectivity index (χ1n) is 9.50. The summed E-state index contributed by atoms with van der Waals surface area (Å²) in [5.41, 5.74) is 2.24. The number of likely N-dealkylation sites (tertiary alicyclic amines) is 1. The molecule has 132 valence electrons. The lowest BCUT2D eigenvalue weighted by molar-refractivity contribution is -0.144. The Morgan fingerprint density at radius 3 is 2.84 bits per heavy atom. The molecule has 0 unspecified atom stereocenters. The molecule has 1 saturated carbocycles. The monoisotopic (exact) mass is 355 g/mol. The standard InChI is InChI=1S/C20H25N3OS/c1-14-7-8-16(25-14)10-23-12-20(13-23)17-9-21-19(22-18(17)11-24-20)15-5-3-2-4-6-15/h7-9,15H,2-6,10-13H2,1H3. The van der Waals surface area contributed by atoms with Crippen LogP contribution in [0.25, 0.3) is 0 Å². The van der Waals surface area contributed by atoms with Crippen LogP contribution in [0.2, 0.25) is 0 Å². The summed E-state index contributed by atoms with van der Waals surface area (Å²) in [6.45, 7) is 5.78. The second-order valence-corrected chi connectivity index (χ2v) is 9.24. The van der Waals surface area contributed by atoms with Crippen molar-refractivity contribution in [3.05, 3.63) is 45.2 Å². The zero-order valence-electron chi connectivity index (χ0n) is 14.8. The van der Waals surface area contributed by atoms with E-state index in [2.05, 4.69) is 30.2 Å². The van der Waals surface area contributed by atoms with Crippen LogP contribution >= 0.6 is 11.3 Å². The van der Waals surface area contributed by atoms with Crippen LogP contribution in [0.5, 0.6) is 0 Å². The molecule has 0 radical (unpaired) electrons. The van der Waals surface area contributed by atoms with E-state index in [1.165, 1.54) is 47.4 Å². The van der Waals surface area contributed by atoms with Gasteiger partial charge in [-0.15, -0.1) is 11.3 Å². The van der Waals surface area contributed by atoms with Crippen molar-refractivity contribution in [3.63, 3.8) is 0 Å². The van der Waals surface area contributed by atoms with Crippen LogP contribution in [0.1, 0.15) is 64.9 Å². The highest BCUT2D eigenvalue weighted by molar-refractivity contribution is 7.11. The minimum Gasteiger partial charge on any atom is -0.361 e. The molecule has 0 atom stereocenters. The number of thiophene rings is 1. The fourth-order valence-electron chi connectivity index (χ4n) is 4.60. The third kappa shape index (κ3) is 2.82. The van der Waals surface area contributed by atoms with Gasteiger partial charge in [0, 0.05) is 47.1 Å². The summed E-state index contributed by atoms with van der Waals surface area (Å²) in [6, 6.07) is 4.45. The van der Waals surface area contributed by atoms with E-state index >= 15 is 0 Å². The van der Waals surface area contributed by atoms with E-state index in [4.69, 9.17) is 14.7 Å². The Morgan fingerprint density at radius 2 is 2.08 bits per heavy atom. The van der Waals surface area contributed by atoms with Gasteiger partial charge in [0.05, 0.1) is 12.3 Å². The van der Waals surface area contributed by atoms with Crippen LogP contribution in [0, 0.1) is 6.92 Å². The number of ether oxygens (including phenoxy) is 1. The lowest BCUT2D eigenvalue weighted by atomic mass is 9.86. The molecule has 1 saturated heterocycles. The van der Waals surface area contributed by atoms with E-state index in [1.807, 2.05) is 11.3 Å². The Labute approximate surface area is 153 Å². The van der Waals surface area contributed by atoms with E-state index in [9.17, 15) is 0 Å². The first-order chi connectivity index (χ1) is 12.2. The quantitative estimate of drug-likeness (QED) is 0.829. The fourth-order valence-corrected chi connectivity index (χ4v) is 5.54. The van der Waals surface area contributed by atoms with Gasteiger partial charge in [-0.05, 0) is 31.9 Å². The molecule has 5 rings (SSSR count). The third-order valence-electron chi connectivity index (χ3n) is 5.97. The van der Waals surface area contributed by atoms with Gasteiger partial charge >= 0.3 is 0 Å².